The molecule has 2 heterocycles. The van der Waals surface area contributed by atoms with Crippen molar-refractivity contribution in [2.45, 2.75) is 26.1 Å². The first kappa shape index (κ1) is 24.9. The highest BCUT2D eigenvalue weighted by Gasteiger charge is 2.27. The van der Waals surface area contributed by atoms with E-state index in [-0.39, 0.29) is 18.6 Å². The number of aliphatic hydroxyl groups is 1. The van der Waals surface area contributed by atoms with Gasteiger partial charge >= 0.3 is 0 Å². The van der Waals surface area contributed by atoms with Crippen molar-refractivity contribution in [2.75, 3.05) is 78.8 Å². The van der Waals surface area contributed by atoms with Gasteiger partial charge in [-0.25, -0.2) is 0 Å². The van der Waals surface area contributed by atoms with E-state index in [9.17, 15) is 9.90 Å². The number of carbonyl (C=O) groups is 1. The Balaban J connectivity index is 1.47. The van der Waals surface area contributed by atoms with Gasteiger partial charge in [-0.3, -0.25) is 14.6 Å². The van der Waals surface area contributed by atoms with Crippen molar-refractivity contribution in [3.8, 4) is 5.75 Å². The molecule has 1 N–H and O–H groups in total. The minimum absolute atomic E-state index is 0.0193. The summed E-state index contributed by atoms with van der Waals surface area (Å²) in [5, 5.41) is 10.6. The summed E-state index contributed by atoms with van der Waals surface area (Å²) < 4.78 is 17.0. The SMILES string of the molecule is CC(C)CN(C[C@H]1CN(C[C@H](O)CN2CCOCC2)CCO1)C(=O)COc1ccccc1. The molecule has 0 aliphatic carbocycles. The lowest BCUT2D eigenvalue weighted by Crippen LogP contribution is -2.52. The molecule has 8 nitrogen and oxygen atoms in total. The molecule has 1 aromatic rings. The van der Waals surface area contributed by atoms with Crippen LogP contribution in [0.3, 0.4) is 0 Å². The number of hydrogen-bond donors (Lipinski definition) is 1. The van der Waals surface area contributed by atoms with Gasteiger partial charge < -0.3 is 24.2 Å². The summed E-state index contributed by atoms with van der Waals surface area (Å²) in [5.74, 6) is 1.01. The lowest BCUT2D eigenvalue weighted by molar-refractivity contribution is -0.137. The maximum absolute atomic E-state index is 12.9. The van der Waals surface area contributed by atoms with E-state index in [4.69, 9.17) is 14.2 Å². The number of nitrogens with zero attached hydrogens (tertiary/aromatic N) is 3. The lowest BCUT2D eigenvalue weighted by Gasteiger charge is -2.37. The zero-order valence-corrected chi connectivity index (χ0v) is 19.5. The topological polar surface area (TPSA) is 74.7 Å². The minimum atomic E-state index is -0.403. The maximum Gasteiger partial charge on any atom is 0.260 e. The van der Waals surface area contributed by atoms with Gasteiger partial charge in [-0.15, -0.1) is 0 Å². The lowest BCUT2D eigenvalue weighted by atomic mass is 10.1. The average Bonchev–Trinajstić information content (AvgIpc) is 2.78. The van der Waals surface area contributed by atoms with Crippen molar-refractivity contribution >= 4 is 5.91 Å². The molecule has 0 radical (unpaired) electrons. The summed E-state index contributed by atoms with van der Waals surface area (Å²) in [6.07, 6.45) is -0.474. The molecule has 1 aromatic carbocycles. The Kier molecular flexibility index (Phi) is 10.2. The normalized spacial score (nSPS) is 21.4. The third-order valence-corrected chi connectivity index (χ3v) is 5.73. The number of ether oxygens (including phenoxy) is 3. The number of amides is 1. The number of benzene rings is 1. The summed E-state index contributed by atoms with van der Waals surface area (Å²) >= 11 is 0. The molecule has 2 fully saturated rings. The van der Waals surface area contributed by atoms with E-state index in [1.807, 2.05) is 35.2 Å². The molecule has 180 valence electrons. The summed E-state index contributed by atoms with van der Waals surface area (Å²) in [4.78, 5) is 19.2. The molecule has 0 aromatic heterocycles. The summed E-state index contributed by atoms with van der Waals surface area (Å²) in [5.41, 5.74) is 0. The zero-order valence-electron chi connectivity index (χ0n) is 19.5. The largest absolute Gasteiger partial charge is 0.484 e. The van der Waals surface area contributed by atoms with Gasteiger partial charge in [-0.2, -0.15) is 0 Å². The Morgan fingerprint density at radius 1 is 1.12 bits per heavy atom. The van der Waals surface area contributed by atoms with Crippen molar-refractivity contribution in [2.24, 2.45) is 5.92 Å². The molecule has 0 spiro atoms. The fourth-order valence-electron chi connectivity index (χ4n) is 4.21. The second-order valence-electron chi connectivity index (χ2n) is 9.11. The molecular formula is C24H39N3O5. The van der Waals surface area contributed by atoms with E-state index in [1.165, 1.54) is 0 Å². The van der Waals surface area contributed by atoms with Crippen LogP contribution in [0, 0.1) is 5.92 Å². The molecule has 2 aliphatic heterocycles. The fraction of sp³-hybridized carbons (Fsp3) is 0.708. The second-order valence-corrected chi connectivity index (χ2v) is 9.11. The quantitative estimate of drug-likeness (QED) is 0.539. The van der Waals surface area contributed by atoms with E-state index in [0.29, 0.717) is 51.0 Å². The van der Waals surface area contributed by atoms with Crippen LogP contribution in [0.2, 0.25) is 0 Å². The van der Waals surface area contributed by atoms with Gasteiger partial charge in [0.05, 0.1) is 32.0 Å². The van der Waals surface area contributed by atoms with Crippen molar-refractivity contribution in [1.29, 1.82) is 0 Å². The van der Waals surface area contributed by atoms with E-state index in [0.717, 1.165) is 32.8 Å². The van der Waals surface area contributed by atoms with Crippen LogP contribution in [-0.2, 0) is 14.3 Å². The highest BCUT2D eigenvalue weighted by atomic mass is 16.5. The Morgan fingerprint density at radius 2 is 1.81 bits per heavy atom. The van der Waals surface area contributed by atoms with Gasteiger partial charge in [0.15, 0.2) is 6.61 Å². The minimum Gasteiger partial charge on any atom is -0.484 e. The zero-order chi connectivity index (χ0) is 22.8. The Morgan fingerprint density at radius 3 is 2.53 bits per heavy atom. The smallest absolute Gasteiger partial charge is 0.260 e. The molecule has 32 heavy (non-hydrogen) atoms. The van der Waals surface area contributed by atoms with E-state index >= 15 is 0 Å². The number of para-hydroxylation sites is 1. The van der Waals surface area contributed by atoms with Crippen LogP contribution in [0.15, 0.2) is 30.3 Å². The van der Waals surface area contributed by atoms with E-state index in [1.54, 1.807) is 0 Å². The van der Waals surface area contributed by atoms with Crippen LogP contribution in [0.25, 0.3) is 0 Å². The third-order valence-electron chi connectivity index (χ3n) is 5.73. The Labute approximate surface area is 192 Å². The van der Waals surface area contributed by atoms with Gasteiger partial charge in [0.2, 0.25) is 0 Å². The average molecular weight is 450 g/mol. The molecule has 0 saturated carbocycles. The van der Waals surface area contributed by atoms with Crippen molar-refractivity contribution in [3.63, 3.8) is 0 Å². The summed E-state index contributed by atoms with van der Waals surface area (Å²) in [6, 6.07) is 9.41. The molecule has 0 bridgehead atoms. The van der Waals surface area contributed by atoms with Gasteiger partial charge in [-0.05, 0) is 18.1 Å². The van der Waals surface area contributed by atoms with Gasteiger partial charge in [0.25, 0.3) is 5.91 Å². The van der Waals surface area contributed by atoms with E-state index in [2.05, 4.69) is 23.6 Å². The van der Waals surface area contributed by atoms with Gasteiger partial charge in [-0.1, -0.05) is 32.0 Å². The maximum atomic E-state index is 12.9. The first-order valence-corrected chi connectivity index (χ1v) is 11.8. The first-order chi connectivity index (χ1) is 15.5. The molecule has 8 heteroatoms. The van der Waals surface area contributed by atoms with Crippen LogP contribution < -0.4 is 4.74 Å². The van der Waals surface area contributed by atoms with Gasteiger partial charge in [0, 0.05) is 52.4 Å². The Hall–Kier alpha value is -1.71. The third kappa shape index (κ3) is 8.67. The standard InChI is InChI=1S/C24H39N3O5/c1-20(2)14-27(24(29)19-32-22-6-4-3-5-7-22)18-23-17-26(10-13-31-23)16-21(28)15-25-8-11-30-12-9-25/h3-7,20-21,23,28H,8-19H2,1-2H3/t21-,23-/m1/s1. The van der Waals surface area contributed by atoms with E-state index < -0.39 is 6.10 Å². The molecule has 2 saturated heterocycles. The number of rotatable bonds is 11. The molecular weight excluding hydrogens is 410 g/mol. The number of morpholine rings is 2. The Bertz CT molecular complexity index is 669. The van der Waals surface area contributed by atoms with Crippen LogP contribution >= 0.6 is 0 Å². The molecule has 2 aliphatic rings. The monoisotopic (exact) mass is 449 g/mol. The second kappa shape index (κ2) is 13.1. The molecule has 1 amide bonds. The molecule has 0 unspecified atom stereocenters. The van der Waals surface area contributed by atoms with Crippen molar-refractivity contribution < 1.29 is 24.1 Å². The van der Waals surface area contributed by atoms with Crippen LogP contribution in [0.4, 0.5) is 0 Å². The number of β-amino-alcohol motifs (C(OH)–C–C–N with tert-alkyl or cyclic N) is 1. The predicted molar refractivity (Wildman–Crippen MR) is 123 cm³/mol. The number of hydrogen-bond acceptors (Lipinski definition) is 7. The molecule has 3 rings (SSSR count). The van der Waals surface area contributed by atoms with Gasteiger partial charge in [0.1, 0.15) is 5.75 Å². The summed E-state index contributed by atoms with van der Waals surface area (Å²) in [7, 11) is 0. The first-order valence-electron chi connectivity index (χ1n) is 11.8. The van der Waals surface area contributed by atoms with Crippen molar-refractivity contribution in [1.82, 2.24) is 14.7 Å². The fourth-order valence-corrected chi connectivity index (χ4v) is 4.21. The van der Waals surface area contributed by atoms with Crippen LogP contribution in [0.1, 0.15) is 13.8 Å². The van der Waals surface area contributed by atoms with Crippen molar-refractivity contribution in [3.05, 3.63) is 30.3 Å². The number of carbonyl (C=O) groups excluding carboxylic acids is 1. The predicted octanol–water partition coefficient (Wildman–Crippen LogP) is 0.944. The number of aliphatic hydroxyl groups excluding tert-OH is 1. The summed E-state index contributed by atoms with van der Waals surface area (Å²) in [6.45, 7) is 12.1. The molecule has 2 atom stereocenters. The highest BCUT2D eigenvalue weighted by Crippen LogP contribution is 2.12. The van der Waals surface area contributed by atoms with Crippen LogP contribution in [-0.4, -0.2) is 117 Å². The highest BCUT2D eigenvalue weighted by molar-refractivity contribution is 5.77. The van der Waals surface area contributed by atoms with Crippen LogP contribution in [0.5, 0.6) is 5.75 Å².